The average Bonchev–Trinajstić information content (AvgIpc) is 2.98. The molecule has 0 bridgehead atoms. The molecule has 0 radical (unpaired) electrons. The average molecular weight is 416 g/mol. The second-order valence-electron chi connectivity index (χ2n) is 7.93. The fourth-order valence-electron chi connectivity index (χ4n) is 4.34. The van der Waals surface area contributed by atoms with Crippen LogP contribution in [-0.4, -0.2) is 12.7 Å². The maximum atomic E-state index is 15.2. The lowest BCUT2D eigenvalue weighted by Crippen LogP contribution is -2.17. The molecular formula is C25H24F4O. The minimum absolute atomic E-state index is 0.0184. The summed E-state index contributed by atoms with van der Waals surface area (Å²) in [5, 5.41) is 0. The number of aryl methyl sites for hydroxylation is 2. The van der Waals surface area contributed by atoms with E-state index in [-0.39, 0.29) is 34.8 Å². The third kappa shape index (κ3) is 3.39. The van der Waals surface area contributed by atoms with Gasteiger partial charge in [0.15, 0.2) is 0 Å². The van der Waals surface area contributed by atoms with E-state index < -0.39 is 28.7 Å². The van der Waals surface area contributed by atoms with Crippen LogP contribution in [0.25, 0.3) is 11.1 Å². The van der Waals surface area contributed by atoms with Crippen molar-refractivity contribution in [3.63, 3.8) is 0 Å². The lowest BCUT2D eigenvalue weighted by molar-refractivity contribution is 0.0401. The molecule has 0 fully saturated rings. The molecular weight excluding hydrogens is 392 g/mol. The van der Waals surface area contributed by atoms with E-state index in [9.17, 15) is 4.39 Å². The predicted octanol–water partition coefficient (Wildman–Crippen LogP) is 6.87. The number of hydrogen-bond acceptors (Lipinski definition) is 1. The van der Waals surface area contributed by atoms with Crippen molar-refractivity contribution in [3.05, 3.63) is 82.5 Å². The van der Waals surface area contributed by atoms with Crippen molar-refractivity contribution >= 4 is 0 Å². The maximum Gasteiger partial charge on any atom is 0.305 e. The van der Waals surface area contributed by atoms with E-state index in [1.807, 2.05) is 13.0 Å². The number of fused-ring (bicyclic) bond motifs is 3. The molecule has 158 valence electrons. The van der Waals surface area contributed by atoms with E-state index in [4.69, 9.17) is 4.74 Å². The Hall–Kier alpha value is -2.40. The second-order valence-corrected chi connectivity index (χ2v) is 7.93. The van der Waals surface area contributed by atoms with Gasteiger partial charge in [-0.3, -0.25) is 0 Å². The Morgan fingerprint density at radius 2 is 1.60 bits per heavy atom. The summed E-state index contributed by atoms with van der Waals surface area (Å²) in [6.07, 6.45) is 6.27. The van der Waals surface area contributed by atoms with Gasteiger partial charge in [0.25, 0.3) is 0 Å². The van der Waals surface area contributed by atoms with Gasteiger partial charge in [0.05, 0.1) is 23.8 Å². The molecule has 0 spiro atoms. The number of ether oxygens (including phenoxy) is 1. The predicted molar refractivity (Wildman–Crippen MR) is 110 cm³/mol. The van der Waals surface area contributed by atoms with Gasteiger partial charge >= 0.3 is 5.92 Å². The molecule has 2 aliphatic rings. The number of halogens is 4. The Bertz CT molecular complexity index is 1020. The van der Waals surface area contributed by atoms with Crippen LogP contribution in [0.15, 0.2) is 48.6 Å². The quantitative estimate of drug-likeness (QED) is 0.369. The van der Waals surface area contributed by atoms with E-state index >= 15 is 13.2 Å². The molecule has 5 heteroatoms. The summed E-state index contributed by atoms with van der Waals surface area (Å²) in [5.41, 5.74) is 0.220. The first kappa shape index (κ1) is 20.9. The molecule has 1 heterocycles. The van der Waals surface area contributed by atoms with Crippen molar-refractivity contribution in [1.29, 1.82) is 0 Å². The van der Waals surface area contributed by atoms with E-state index in [1.54, 1.807) is 6.08 Å². The summed E-state index contributed by atoms with van der Waals surface area (Å²) in [6.45, 7) is 5.98. The zero-order valence-electron chi connectivity index (χ0n) is 16.9. The normalized spacial score (nSPS) is 19.2. The van der Waals surface area contributed by atoms with Gasteiger partial charge < -0.3 is 4.74 Å². The summed E-state index contributed by atoms with van der Waals surface area (Å²) in [5.74, 6) is -5.55. The highest BCUT2D eigenvalue weighted by Crippen LogP contribution is 2.53. The molecule has 1 aliphatic heterocycles. The van der Waals surface area contributed by atoms with Crippen LogP contribution >= 0.6 is 0 Å². The maximum absolute atomic E-state index is 15.2. The molecule has 1 aliphatic carbocycles. The zero-order valence-corrected chi connectivity index (χ0v) is 16.9. The molecule has 0 N–H and O–H groups in total. The smallest absolute Gasteiger partial charge is 0.305 e. The first-order chi connectivity index (χ1) is 14.4. The fourth-order valence-corrected chi connectivity index (χ4v) is 4.34. The van der Waals surface area contributed by atoms with Gasteiger partial charge in [0.2, 0.25) is 0 Å². The van der Waals surface area contributed by atoms with Gasteiger partial charge in [-0.1, -0.05) is 49.8 Å². The highest BCUT2D eigenvalue weighted by atomic mass is 19.3. The van der Waals surface area contributed by atoms with Crippen LogP contribution < -0.4 is 0 Å². The summed E-state index contributed by atoms with van der Waals surface area (Å²) >= 11 is 0. The molecule has 0 amide bonds. The first-order valence-corrected chi connectivity index (χ1v) is 10.3. The molecule has 1 nitrogen and oxygen atoms in total. The Morgan fingerprint density at radius 3 is 2.10 bits per heavy atom. The van der Waals surface area contributed by atoms with E-state index in [1.165, 1.54) is 24.3 Å². The van der Waals surface area contributed by atoms with Gasteiger partial charge in [-0.05, 0) is 53.5 Å². The van der Waals surface area contributed by atoms with Crippen LogP contribution in [0.2, 0.25) is 0 Å². The van der Waals surface area contributed by atoms with Crippen LogP contribution in [-0.2, 0) is 23.5 Å². The summed E-state index contributed by atoms with van der Waals surface area (Å²) < 4.78 is 66.1. The number of alkyl halides is 2. The van der Waals surface area contributed by atoms with E-state index in [0.717, 1.165) is 5.57 Å². The monoisotopic (exact) mass is 416 g/mol. The minimum atomic E-state index is -3.69. The zero-order chi connectivity index (χ0) is 21.5. The van der Waals surface area contributed by atoms with Gasteiger partial charge in [0.1, 0.15) is 11.6 Å². The largest absolute Gasteiger partial charge is 0.370 e. The van der Waals surface area contributed by atoms with Gasteiger partial charge in [-0.25, -0.2) is 8.78 Å². The second kappa shape index (κ2) is 8.03. The number of benzene rings is 2. The van der Waals surface area contributed by atoms with Crippen molar-refractivity contribution < 1.29 is 22.3 Å². The highest BCUT2D eigenvalue weighted by Gasteiger charge is 2.49. The third-order valence-electron chi connectivity index (χ3n) is 5.98. The molecule has 1 unspecified atom stereocenters. The molecule has 0 aromatic heterocycles. The van der Waals surface area contributed by atoms with Gasteiger partial charge in [0, 0.05) is 0 Å². The van der Waals surface area contributed by atoms with Gasteiger partial charge in [-0.2, -0.15) is 8.78 Å². The topological polar surface area (TPSA) is 9.23 Å². The van der Waals surface area contributed by atoms with E-state index in [0.29, 0.717) is 32.3 Å². The van der Waals surface area contributed by atoms with Crippen molar-refractivity contribution in [2.24, 2.45) is 0 Å². The summed E-state index contributed by atoms with van der Waals surface area (Å²) in [6, 6.07) is 6.04. The Morgan fingerprint density at radius 1 is 1.00 bits per heavy atom. The first-order valence-electron chi connectivity index (χ1n) is 10.3. The standard InChI is InChI=1S/C25H24F4O/c1-3-5-16-9-12-19-20-13-10-17(8-6-15-7-11-18(4-2)30-14-15)24(27)22(20)25(28,29)21(19)23(16)26/h4,7,9-10,12-13,18H,2-3,5-6,8,11,14H2,1H3. The molecule has 4 rings (SSSR count). The number of rotatable bonds is 6. The summed E-state index contributed by atoms with van der Waals surface area (Å²) in [4.78, 5) is 0. The van der Waals surface area contributed by atoms with E-state index in [2.05, 4.69) is 6.58 Å². The van der Waals surface area contributed by atoms with Crippen LogP contribution in [0.3, 0.4) is 0 Å². The summed E-state index contributed by atoms with van der Waals surface area (Å²) in [7, 11) is 0. The fraction of sp³-hybridized carbons (Fsp3) is 0.360. The van der Waals surface area contributed by atoms with Crippen LogP contribution in [0.4, 0.5) is 17.6 Å². The molecule has 2 aromatic carbocycles. The molecule has 0 saturated carbocycles. The third-order valence-corrected chi connectivity index (χ3v) is 5.98. The van der Waals surface area contributed by atoms with Gasteiger partial charge in [-0.15, -0.1) is 6.58 Å². The highest BCUT2D eigenvalue weighted by molar-refractivity contribution is 5.80. The van der Waals surface area contributed by atoms with Crippen molar-refractivity contribution in [1.82, 2.24) is 0 Å². The number of hydrogen-bond donors (Lipinski definition) is 0. The van der Waals surface area contributed by atoms with Crippen LogP contribution in [0, 0.1) is 11.6 Å². The lowest BCUT2D eigenvalue weighted by atomic mass is 9.96. The molecule has 0 saturated heterocycles. The van der Waals surface area contributed by atoms with Crippen molar-refractivity contribution in [2.45, 2.75) is 51.1 Å². The SMILES string of the molecule is C=CC1CC=C(CCc2ccc3c(c2F)C(F)(F)c2c-3ccc(CCC)c2F)CO1. The Balaban J connectivity index is 1.65. The Labute approximate surface area is 174 Å². The van der Waals surface area contributed by atoms with Crippen molar-refractivity contribution in [3.8, 4) is 11.1 Å². The van der Waals surface area contributed by atoms with Crippen molar-refractivity contribution in [2.75, 3.05) is 6.61 Å². The molecule has 2 aromatic rings. The Kier molecular flexibility index (Phi) is 5.58. The minimum Gasteiger partial charge on any atom is -0.370 e. The van der Waals surface area contributed by atoms with Crippen LogP contribution in [0.1, 0.15) is 48.4 Å². The molecule has 30 heavy (non-hydrogen) atoms. The molecule has 1 atom stereocenters. The van der Waals surface area contributed by atoms with Crippen LogP contribution in [0.5, 0.6) is 0 Å². The lowest BCUT2D eigenvalue weighted by Gasteiger charge is -2.20.